The SMILES string of the molecule is C/C=C1/C(=O)C[C@H]2CCCCn3c(C(=O)O)cc1c32. The van der Waals surface area contributed by atoms with E-state index in [4.69, 9.17) is 0 Å². The van der Waals surface area contributed by atoms with Crippen LogP contribution in [0, 0.1) is 0 Å². The van der Waals surface area contributed by atoms with Crippen molar-refractivity contribution in [2.75, 3.05) is 0 Å². The van der Waals surface area contributed by atoms with Crippen LogP contribution >= 0.6 is 0 Å². The van der Waals surface area contributed by atoms with Crippen LogP contribution in [0.4, 0.5) is 0 Å². The van der Waals surface area contributed by atoms with Gasteiger partial charge in [-0.05, 0) is 25.8 Å². The lowest BCUT2D eigenvalue weighted by Gasteiger charge is -2.24. The van der Waals surface area contributed by atoms with Gasteiger partial charge in [0.15, 0.2) is 5.78 Å². The molecule has 1 atom stereocenters. The Morgan fingerprint density at radius 3 is 2.95 bits per heavy atom. The highest BCUT2D eigenvalue weighted by Gasteiger charge is 2.35. The number of hydrogen-bond donors (Lipinski definition) is 1. The second kappa shape index (κ2) is 4.37. The van der Waals surface area contributed by atoms with Crippen molar-refractivity contribution >= 4 is 17.3 Å². The second-order valence-electron chi connectivity index (χ2n) is 5.31. The standard InChI is InChI=1S/C15H17NO3/c1-2-10-11-8-12(15(18)19)16-6-4-3-5-9(14(11)16)7-13(10)17/h2,8-9H,3-7H2,1H3,(H,18,19)/b10-2+/t9-/m1/s1. The molecule has 0 fully saturated rings. The summed E-state index contributed by atoms with van der Waals surface area (Å²) in [4.78, 5) is 23.6. The third-order valence-electron chi connectivity index (χ3n) is 4.24. The number of rotatable bonds is 1. The Balaban J connectivity index is 2.27. The summed E-state index contributed by atoms with van der Waals surface area (Å²) in [6.45, 7) is 2.59. The van der Waals surface area contributed by atoms with E-state index < -0.39 is 5.97 Å². The highest BCUT2D eigenvalue weighted by molar-refractivity contribution is 6.22. The first-order chi connectivity index (χ1) is 9.13. The number of hydrogen-bond acceptors (Lipinski definition) is 2. The van der Waals surface area contributed by atoms with Gasteiger partial charge >= 0.3 is 5.97 Å². The van der Waals surface area contributed by atoms with Crippen LogP contribution in [-0.4, -0.2) is 21.4 Å². The minimum absolute atomic E-state index is 0.149. The van der Waals surface area contributed by atoms with Crippen molar-refractivity contribution in [1.82, 2.24) is 4.57 Å². The van der Waals surface area contributed by atoms with Gasteiger partial charge in [0.05, 0.1) is 0 Å². The molecule has 4 heteroatoms. The Bertz CT molecular complexity index is 595. The summed E-state index contributed by atoms with van der Waals surface area (Å²) in [5.74, 6) is -0.559. The first-order valence-corrected chi connectivity index (χ1v) is 6.80. The lowest BCUT2D eigenvalue weighted by Crippen LogP contribution is -2.19. The van der Waals surface area contributed by atoms with Crippen LogP contribution in [0.2, 0.25) is 0 Å². The Morgan fingerprint density at radius 1 is 1.47 bits per heavy atom. The molecule has 0 saturated heterocycles. The predicted octanol–water partition coefficient (Wildman–Crippen LogP) is 2.83. The molecule has 1 N–H and O–H groups in total. The molecule has 0 unspecified atom stereocenters. The lowest BCUT2D eigenvalue weighted by atomic mass is 9.81. The normalized spacial score (nSPS) is 24.2. The molecule has 2 aliphatic rings. The smallest absolute Gasteiger partial charge is 0.352 e. The maximum absolute atomic E-state index is 12.2. The number of nitrogens with zero attached hydrogens (tertiary/aromatic N) is 1. The van der Waals surface area contributed by atoms with Crippen LogP contribution in [0.15, 0.2) is 12.1 Å². The van der Waals surface area contributed by atoms with Crippen molar-refractivity contribution < 1.29 is 14.7 Å². The monoisotopic (exact) mass is 259 g/mol. The quantitative estimate of drug-likeness (QED) is 0.789. The number of carboxylic acid groups (broad SMARTS) is 1. The molecular formula is C15H17NO3. The van der Waals surface area contributed by atoms with E-state index in [2.05, 4.69) is 0 Å². The van der Waals surface area contributed by atoms with E-state index >= 15 is 0 Å². The molecule has 2 heterocycles. The van der Waals surface area contributed by atoms with Crippen LogP contribution < -0.4 is 0 Å². The van der Waals surface area contributed by atoms with Gasteiger partial charge in [0.2, 0.25) is 0 Å². The zero-order valence-corrected chi connectivity index (χ0v) is 11.0. The van der Waals surface area contributed by atoms with Gasteiger partial charge in [0.25, 0.3) is 0 Å². The molecule has 0 amide bonds. The zero-order chi connectivity index (χ0) is 13.6. The fraction of sp³-hybridized carbons (Fsp3) is 0.467. The van der Waals surface area contributed by atoms with Crippen LogP contribution in [0.3, 0.4) is 0 Å². The van der Waals surface area contributed by atoms with Gasteiger partial charge in [-0.25, -0.2) is 4.79 Å². The van der Waals surface area contributed by atoms with Crippen molar-refractivity contribution in [2.45, 2.75) is 45.1 Å². The summed E-state index contributed by atoms with van der Waals surface area (Å²) < 4.78 is 1.92. The van der Waals surface area contributed by atoms with Gasteiger partial charge in [-0.3, -0.25) is 4.79 Å². The number of carbonyl (C=O) groups excluding carboxylic acids is 1. The van der Waals surface area contributed by atoms with Gasteiger partial charge in [0.1, 0.15) is 5.69 Å². The predicted molar refractivity (Wildman–Crippen MR) is 71.3 cm³/mol. The topological polar surface area (TPSA) is 59.3 Å². The molecule has 1 aromatic heterocycles. The second-order valence-corrected chi connectivity index (χ2v) is 5.31. The van der Waals surface area contributed by atoms with Crippen molar-refractivity contribution in [3.63, 3.8) is 0 Å². The molecule has 1 aliphatic heterocycles. The van der Waals surface area contributed by atoms with Gasteiger partial charge < -0.3 is 9.67 Å². The van der Waals surface area contributed by atoms with Crippen LogP contribution in [0.25, 0.3) is 5.57 Å². The molecule has 3 rings (SSSR count). The van der Waals surface area contributed by atoms with Crippen molar-refractivity contribution in [3.05, 3.63) is 29.1 Å². The number of allylic oxidation sites excluding steroid dienone is 2. The third-order valence-corrected chi connectivity index (χ3v) is 4.24. The molecule has 0 spiro atoms. The molecule has 4 nitrogen and oxygen atoms in total. The third kappa shape index (κ3) is 1.74. The molecule has 19 heavy (non-hydrogen) atoms. The average molecular weight is 259 g/mol. The van der Waals surface area contributed by atoms with E-state index in [9.17, 15) is 14.7 Å². The van der Waals surface area contributed by atoms with Crippen molar-refractivity contribution in [3.8, 4) is 0 Å². The first-order valence-electron chi connectivity index (χ1n) is 6.80. The van der Waals surface area contributed by atoms with E-state index in [0.29, 0.717) is 17.7 Å². The first kappa shape index (κ1) is 12.2. The van der Waals surface area contributed by atoms with E-state index in [1.54, 1.807) is 6.07 Å². The number of carbonyl (C=O) groups is 2. The van der Waals surface area contributed by atoms with Gasteiger partial charge in [0, 0.05) is 35.7 Å². The Hall–Kier alpha value is -1.84. The summed E-state index contributed by atoms with van der Waals surface area (Å²) in [7, 11) is 0. The highest BCUT2D eigenvalue weighted by atomic mass is 16.4. The fourth-order valence-corrected chi connectivity index (χ4v) is 3.43. The summed E-state index contributed by atoms with van der Waals surface area (Å²) in [6, 6.07) is 1.68. The molecule has 0 bridgehead atoms. The minimum Gasteiger partial charge on any atom is -0.477 e. The van der Waals surface area contributed by atoms with Crippen molar-refractivity contribution in [1.29, 1.82) is 0 Å². The molecule has 1 aliphatic carbocycles. The molecule has 1 aromatic rings. The summed E-state index contributed by atoms with van der Waals surface area (Å²) >= 11 is 0. The number of carboxylic acids is 1. The average Bonchev–Trinajstić information content (AvgIpc) is 2.62. The molecule has 0 aromatic carbocycles. The van der Waals surface area contributed by atoms with Crippen molar-refractivity contribution in [2.24, 2.45) is 0 Å². The minimum atomic E-state index is -0.905. The number of aromatic nitrogens is 1. The summed E-state index contributed by atoms with van der Waals surface area (Å²) in [5.41, 5.74) is 2.94. The maximum atomic E-state index is 12.2. The number of Topliss-reactive ketones (excluding diaryl/α,β-unsaturated/α-hetero) is 1. The number of ketones is 1. The lowest BCUT2D eigenvalue weighted by molar-refractivity contribution is -0.114. The van der Waals surface area contributed by atoms with E-state index in [-0.39, 0.29) is 11.7 Å². The summed E-state index contributed by atoms with van der Waals surface area (Å²) in [6.07, 6.45) is 5.36. The Morgan fingerprint density at radius 2 is 2.26 bits per heavy atom. The molecular weight excluding hydrogens is 242 g/mol. The number of aromatic carboxylic acids is 1. The van der Waals surface area contributed by atoms with Gasteiger partial charge in [-0.2, -0.15) is 0 Å². The molecule has 0 radical (unpaired) electrons. The Labute approximate surface area is 111 Å². The van der Waals surface area contributed by atoms with Gasteiger partial charge in [-0.15, -0.1) is 0 Å². The summed E-state index contributed by atoms with van der Waals surface area (Å²) in [5, 5.41) is 9.35. The highest BCUT2D eigenvalue weighted by Crippen LogP contribution is 2.42. The van der Waals surface area contributed by atoms with Crippen LogP contribution in [-0.2, 0) is 11.3 Å². The maximum Gasteiger partial charge on any atom is 0.352 e. The van der Waals surface area contributed by atoms with Crippen LogP contribution in [0.1, 0.15) is 60.3 Å². The molecule has 0 saturated carbocycles. The zero-order valence-electron chi connectivity index (χ0n) is 11.0. The largest absolute Gasteiger partial charge is 0.477 e. The fourth-order valence-electron chi connectivity index (χ4n) is 3.43. The van der Waals surface area contributed by atoms with E-state index in [1.807, 2.05) is 17.6 Å². The van der Waals surface area contributed by atoms with Gasteiger partial charge in [-0.1, -0.05) is 12.5 Å². The van der Waals surface area contributed by atoms with E-state index in [1.165, 1.54) is 0 Å². The molecule has 100 valence electrons. The Kier molecular flexibility index (Phi) is 2.81. The van der Waals surface area contributed by atoms with E-state index in [0.717, 1.165) is 37.1 Å². The van der Waals surface area contributed by atoms with Crippen LogP contribution in [0.5, 0.6) is 0 Å².